The lowest BCUT2D eigenvalue weighted by molar-refractivity contribution is 0.407. The Labute approximate surface area is 183 Å². The molecule has 0 spiro atoms. The van der Waals surface area contributed by atoms with Crippen LogP contribution in [0.2, 0.25) is 0 Å². The molecule has 3 aromatic carbocycles. The lowest BCUT2D eigenvalue weighted by atomic mass is 10.0. The molecule has 0 fully saturated rings. The second-order valence-corrected chi connectivity index (χ2v) is 10.5. The summed E-state index contributed by atoms with van der Waals surface area (Å²) in [5.41, 5.74) is 1.46. The van der Waals surface area contributed by atoms with E-state index in [2.05, 4.69) is 9.44 Å². The normalized spacial score (nSPS) is 11.9. The monoisotopic (exact) mass is 460 g/mol. The largest absolute Gasteiger partial charge is 0.496 e. The highest BCUT2D eigenvalue weighted by molar-refractivity contribution is 7.93. The van der Waals surface area contributed by atoms with E-state index in [9.17, 15) is 16.8 Å². The summed E-state index contributed by atoms with van der Waals surface area (Å²) in [7, 11) is -6.11. The summed E-state index contributed by atoms with van der Waals surface area (Å²) in [6.45, 7) is 3.90. The van der Waals surface area contributed by atoms with Gasteiger partial charge >= 0.3 is 0 Å². The molecule has 0 radical (unpaired) electrons. The van der Waals surface area contributed by atoms with Crippen LogP contribution >= 0.6 is 0 Å². The number of rotatable bonds is 8. The van der Waals surface area contributed by atoms with Crippen molar-refractivity contribution in [1.29, 1.82) is 0 Å². The van der Waals surface area contributed by atoms with Gasteiger partial charge in [0.25, 0.3) is 20.0 Å². The number of hydrogen-bond donors (Lipinski definition) is 2. The minimum absolute atomic E-state index is 0.0193. The van der Waals surface area contributed by atoms with Gasteiger partial charge in [0.2, 0.25) is 0 Å². The van der Waals surface area contributed by atoms with Crippen LogP contribution < -0.4 is 14.2 Å². The molecule has 0 amide bonds. The first kappa shape index (κ1) is 22.6. The van der Waals surface area contributed by atoms with E-state index in [4.69, 9.17) is 4.74 Å². The van der Waals surface area contributed by atoms with E-state index in [1.165, 1.54) is 37.4 Å². The van der Waals surface area contributed by atoms with Gasteiger partial charge in [0.1, 0.15) is 5.75 Å². The van der Waals surface area contributed by atoms with Crippen molar-refractivity contribution < 1.29 is 21.6 Å². The van der Waals surface area contributed by atoms with Crippen molar-refractivity contribution in [2.75, 3.05) is 16.6 Å². The molecule has 9 heteroatoms. The van der Waals surface area contributed by atoms with Crippen LogP contribution in [0.4, 0.5) is 11.4 Å². The summed E-state index contributed by atoms with van der Waals surface area (Å²) in [6.07, 6.45) is 0. The smallest absolute Gasteiger partial charge is 0.261 e. The molecule has 0 saturated heterocycles. The third kappa shape index (κ3) is 5.36. The number of nitrogens with one attached hydrogen (secondary N) is 2. The molecule has 0 aliphatic carbocycles. The highest BCUT2D eigenvalue weighted by Gasteiger charge is 2.19. The number of ether oxygens (including phenoxy) is 1. The average Bonchev–Trinajstić information content (AvgIpc) is 2.73. The summed E-state index contributed by atoms with van der Waals surface area (Å²) < 4.78 is 60.9. The van der Waals surface area contributed by atoms with E-state index in [-0.39, 0.29) is 21.4 Å². The zero-order chi connectivity index (χ0) is 22.6. The van der Waals surface area contributed by atoms with E-state index < -0.39 is 20.0 Å². The van der Waals surface area contributed by atoms with Gasteiger partial charge in [-0.1, -0.05) is 32.0 Å². The SMILES string of the molecule is COc1ccc(S(=O)(=O)Nc2ccc(S(=O)(=O)Nc3ccccc3)cc2)cc1C(C)C. The molecule has 7 nitrogen and oxygen atoms in total. The van der Waals surface area contributed by atoms with Crippen LogP contribution in [0.25, 0.3) is 0 Å². The molecular weight excluding hydrogens is 436 g/mol. The van der Waals surface area contributed by atoms with Crippen molar-refractivity contribution in [2.45, 2.75) is 29.6 Å². The lowest BCUT2D eigenvalue weighted by Gasteiger charge is -2.15. The van der Waals surface area contributed by atoms with E-state index >= 15 is 0 Å². The molecule has 0 aliphatic heterocycles. The Morgan fingerprint density at radius 3 is 1.77 bits per heavy atom. The number of anilines is 2. The Kier molecular flexibility index (Phi) is 6.56. The maximum Gasteiger partial charge on any atom is 0.261 e. The van der Waals surface area contributed by atoms with Crippen molar-refractivity contribution in [1.82, 2.24) is 0 Å². The number of para-hydroxylation sites is 1. The first-order valence-electron chi connectivity index (χ1n) is 9.51. The molecule has 3 rings (SSSR count). The van der Waals surface area contributed by atoms with Gasteiger partial charge < -0.3 is 4.74 Å². The summed E-state index contributed by atoms with van der Waals surface area (Å²) in [4.78, 5) is 0.116. The predicted octanol–water partition coefficient (Wildman–Crippen LogP) is 4.42. The highest BCUT2D eigenvalue weighted by atomic mass is 32.2. The summed E-state index contributed by atoms with van der Waals surface area (Å²) in [5.74, 6) is 0.695. The molecule has 2 N–H and O–H groups in total. The van der Waals surface area contributed by atoms with E-state index in [0.29, 0.717) is 11.4 Å². The van der Waals surface area contributed by atoms with Gasteiger partial charge in [-0.05, 0) is 66.1 Å². The van der Waals surface area contributed by atoms with Gasteiger partial charge in [-0.25, -0.2) is 16.8 Å². The van der Waals surface area contributed by atoms with Crippen LogP contribution in [-0.2, 0) is 20.0 Å². The molecule has 0 bridgehead atoms. The second kappa shape index (κ2) is 8.99. The van der Waals surface area contributed by atoms with Gasteiger partial charge in [-0.15, -0.1) is 0 Å². The molecule has 31 heavy (non-hydrogen) atoms. The predicted molar refractivity (Wildman–Crippen MR) is 122 cm³/mol. The third-order valence-electron chi connectivity index (χ3n) is 4.58. The van der Waals surface area contributed by atoms with Gasteiger partial charge in [0.15, 0.2) is 0 Å². The van der Waals surface area contributed by atoms with Crippen molar-refractivity contribution in [3.8, 4) is 5.75 Å². The minimum atomic E-state index is -3.86. The Balaban J connectivity index is 1.81. The van der Waals surface area contributed by atoms with Crippen LogP contribution in [0.1, 0.15) is 25.3 Å². The summed E-state index contributed by atoms with van der Waals surface area (Å²) >= 11 is 0. The minimum Gasteiger partial charge on any atom is -0.496 e. The van der Waals surface area contributed by atoms with Crippen LogP contribution in [0.3, 0.4) is 0 Å². The molecule has 0 unspecified atom stereocenters. The van der Waals surface area contributed by atoms with Gasteiger partial charge in [0, 0.05) is 11.4 Å². The first-order chi connectivity index (χ1) is 14.6. The van der Waals surface area contributed by atoms with Crippen molar-refractivity contribution in [3.63, 3.8) is 0 Å². The van der Waals surface area contributed by atoms with Gasteiger partial charge in [-0.2, -0.15) is 0 Å². The van der Waals surface area contributed by atoms with Crippen LogP contribution in [0, 0.1) is 0 Å². The second-order valence-electron chi connectivity index (χ2n) is 7.16. The molecule has 164 valence electrons. The van der Waals surface area contributed by atoms with Crippen LogP contribution in [0.5, 0.6) is 5.75 Å². The fraction of sp³-hybridized carbons (Fsp3) is 0.182. The maximum atomic E-state index is 12.8. The fourth-order valence-electron chi connectivity index (χ4n) is 2.97. The molecule has 3 aromatic rings. The summed E-state index contributed by atoms with van der Waals surface area (Å²) in [6, 6.07) is 18.7. The Bertz CT molecular complexity index is 1260. The molecular formula is C22H24N2O5S2. The third-order valence-corrected chi connectivity index (χ3v) is 7.35. The Morgan fingerprint density at radius 2 is 1.23 bits per heavy atom. The molecule has 0 atom stereocenters. The maximum absolute atomic E-state index is 12.8. The fourth-order valence-corrected chi connectivity index (χ4v) is 5.12. The number of hydrogen-bond acceptors (Lipinski definition) is 5. The molecule has 0 heterocycles. The topological polar surface area (TPSA) is 102 Å². The number of sulfonamides is 2. The molecule has 0 aromatic heterocycles. The van der Waals surface area contributed by atoms with Crippen LogP contribution in [-0.4, -0.2) is 23.9 Å². The quantitative estimate of drug-likeness (QED) is 0.518. The van der Waals surface area contributed by atoms with Crippen molar-refractivity contribution in [3.05, 3.63) is 78.4 Å². The van der Waals surface area contributed by atoms with Crippen molar-refractivity contribution in [2.24, 2.45) is 0 Å². The zero-order valence-electron chi connectivity index (χ0n) is 17.4. The van der Waals surface area contributed by atoms with E-state index in [1.54, 1.807) is 42.5 Å². The van der Waals surface area contributed by atoms with E-state index in [0.717, 1.165) is 5.56 Å². The highest BCUT2D eigenvalue weighted by Crippen LogP contribution is 2.29. The number of benzene rings is 3. The van der Waals surface area contributed by atoms with Gasteiger partial charge in [-0.3, -0.25) is 9.44 Å². The van der Waals surface area contributed by atoms with Crippen LogP contribution in [0.15, 0.2) is 82.6 Å². The first-order valence-corrected chi connectivity index (χ1v) is 12.5. The average molecular weight is 461 g/mol. The zero-order valence-corrected chi connectivity index (χ0v) is 19.0. The number of methoxy groups -OCH3 is 1. The van der Waals surface area contributed by atoms with E-state index in [1.807, 2.05) is 13.8 Å². The lowest BCUT2D eigenvalue weighted by Crippen LogP contribution is -2.15. The van der Waals surface area contributed by atoms with Gasteiger partial charge in [0.05, 0.1) is 16.9 Å². The molecule has 0 aliphatic rings. The van der Waals surface area contributed by atoms with Crippen molar-refractivity contribution >= 4 is 31.4 Å². The Hall–Kier alpha value is -3.04. The summed E-state index contributed by atoms with van der Waals surface area (Å²) in [5, 5.41) is 0. The Morgan fingerprint density at radius 1 is 0.710 bits per heavy atom. The molecule has 0 saturated carbocycles. The standard InChI is InChI=1S/C22H24N2O5S2/c1-16(2)21-15-20(13-14-22(21)29-3)31(27,28)24-18-9-11-19(12-10-18)30(25,26)23-17-7-5-4-6-8-17/h4-16,23-24H,1-3H3.